The first kappa shape index (κ1) is 22.8. The Morgan fingerprint density at radius 2 is 1.29 bits per heavy atom. The van der Waals surface area contributed by atoms with Crippen LogP contribution in [-0.2, 0) is 4.74 Å². The van der Waals surface area contributed by atoms with Gasteiger partial charge in [-0.2, -0.15) is 0 Å². The van der Waals surface area contributed by atoms with E-state index in [1.165, 1.54) is 30.4 Å². The molecule has 2 aromatic rings. The normalized spacial score (nSPS) is 13.5. The molecule has 168 valence electrons. The Bertz CT molecular complexity index is 885. The lowest BCUT2D eigenvalue weighted by atomic mass is 9.84. The van der Waals surface area contributed by atoms with Gasteiger partial charge in [0.15, 0.2) is 29.8 Å². The van der Waals surface area contributed by atoms with Gasteiger partial charge >= 0.3 is 0 Å². The van der Waals surface area contributed by atoms with E-state index >= 15 is 0 Å². The molecule has 0 aliphatic heterocycles. The number of ether oxygens (including phenoxy) is 6. The fourth-order valence-corrected chi connectivity index (χ4v) is 4.10. The van der Waals surface area contributed by atoms with Gasteiger partial charge in [0, 0.05) is 7.11 Å². The number of rotatable bonds is 9. The lowest BCUT2D eigenvalue weighted by Crippen LogP contribution is -2.04. The fourth-order valence-electron chi connectivity index (χ4n) is 4.10. The van der Waals surface area contributed by atoms with Crippen molar-refractivity contribution in [3.05, 3.63) is 47.0 Å². The quantitative estimate of drug-likeness (QED) is 0.494. The zero-order valence-electron chi connectivity index (χ0n) is 19.1. The van der Waals surface area contributed by atoms with Gasteiger partial charge in [-0.3, -0.25) is 0 Å². The maximum absolute atomic E-state index is 5.78. The average molecular weight is 429 g/mol. The van der Waals surface area contributed by atoms with Crippen molar-refractivity contribution in [2.75, 3.05) is 42.3 Å². The van der Waals surface area contributed by atoms with Crippen LogP contribution in [0, 0.1) is 0 Å². The standard InChI is InChI=1S/C25H32O6/c1-26-16-31-21-13-18(11-12-20(21)27-2)24(17-9-7-6-8-10-17)19-14-22(28-3)25(30-5)23(15-19)29-4/h11-15H,6-10,16H2,1-5H3. The van der Waals surface area contributed by atoms with E-state index in [-0.39, 0.29) is 6.79 Å². The second-order valence-corrected chi connectivity index (χ2v) is 7.37. The van der Waals surface area contributed by atoms with E-state index in [1.807, 2.05) is 24.3 Å². The molecule has 1 aliphatic rings. The van der Waals surface area contributed by atoms with Gasteiger partial charge in [0.2, 0.25) is 5.75 Å². The molecule has 0 heterocycles. The predicted octanol–water partition coefficient (Wildman–Crippen LogP) is 5.47. The zero-order valence-corrected chi connectivity index (χ0v) is 19.1. The Morgan fingerprint density at radius 3 is 1.84 bits per heavy atom. The monoisotopic (exact) mass is 428 g/mol. The summed E-state index contributed by atoms with van der Waals surface area (Å²) in [6.45, 7) is 0.149. The summed E-state index contributed by atoms with van der Waals surface area (Å²) in [5.74, 6) is 3.16. The van der Waals surface area contributed by atoms with Crippen molar-refractivity contribution >= 4 is 5.57 Å². The number of benzene rings is 2. The molecule has 2 aromatic carbocycles. The van der Waals surface area contributed by atoms with Crippen LogP contribution in [0.25, 0.3) is 5.57 Å². The third kappa shape index (κ3) is 5.07. The second-order valence-electron chi connectivity index (χ2n) is 7.37. The molecular formula is C25H32O6. The van der Waals surface area contributed by atoms with Gasteiger partial charge in [-0.25, -0.2) is 0 Å². The highest BCUT2D eigenvalue weighted by atomic mass is 16.7. The highest BCUT2D eigenvalue weighted by Crippen LogP contribution is 2.44. The Kier molecular flexibility index (Phi) is 8.06. The summed E-state index contributed by atoms with van der Waals surface area (Å²) in [7, 11) is 8.12. The van der Waals surface area contributed by atoms with Crippen molar-refractivity contribution in [3.8, 4) is 28.7 Å². The number of hydrogen-bond donors (Lipinski definition) is 0. The van der Waals surface area contributed by atoms with Crippen molar-refractivity contribution in [3.63, 3.8) is 0 Å². The Hall–Kier alpha value is -2.86. The minimum absolute atomic E-state index is 0.149. The maximum atomic E-state index is 5.78. The molecule has 0 N–H and O–H groups in total. The van der Waals surface area contributed by atoms with Crippen LogP contribution < -0.4 is 23.7 Å². The minimum Gasteiger partial charge on any atom is -0.493 e. The highest BCUT2D eigenvalue weighted by Gasteiger charge is 2.21. The molecule has 6 heteroatoms. The molecule has 0 spiro atoms. The number of hydrogen-bond acceptors (Lipinski definition) is 6. The lowest BCUT2D eigenvalue weighted by molar-refractivity contribution is 0.0491. The maximum Gasteiger partial charge on any atom is 0.203 e. The van der Waals surface area contributed by atoms with Crippen molar-refractivity contribution in [2.24, 2.45) is 0 Å². The van der Waals surface area contributed by atoms with E-state index in [0.717, 1.165) is 24.0 Å². The summed E-state index contributed by atoms with van der Waals surface area (Å²) < 4.78 is 33.1. The number of methoxy groups -OCH3 is 5. The van der Waals surface area contributed by atoms with Crippen molar-refractivity contribution in [2.45, 2.75) is 32.1 Å². The summed E-state index contributed by atoms with van der Waals surface area (Å²) in [4.78, 5) is 0. The molecule has 0 atom stereocenters. The van der Waals surface area contributed by atoms with Crippen LogP contribution in [0.3, 0.4) is 0 Å². The molecule has 0 unspecified atom stereocenters. The third-order valence-electron chi connectivity index (χ3n) is 5.55. The van der Waals surface area contributed by atoms with Crippen LogP contribution in [-0.4, -0.2) is 42.3 Å². The van der Waals surface area contributed by atoms with Crippen LogP contribution in [0.1, 0.15) is 43.2 Å². The summed E-state index contributed by atoms with van der Waals surface area (Å²) in [5.41, 5.74) is 4.67. The molecule has 31 heavy (non-hydrogen) atoms. The van der Waals surface area contributed by atoms with Crippen molar-refractivity contribution in [1.29, 1.82) is 0 Å². The van der Waals surface area contributed by atoms with Gasteiger partial charge in [-0.15, -0.1) is 0 Å². The van der Waals surface area contributed by atoms with Gasteiger partial charge in [0.1, 0.15) is 0 Å². The van der Waals surface area contributed by atoms with Gasteiger partial charge in [0.25, 0.3) is 0 Å². The van der Waals surface area contributed by atoms with Crippen molar-refractivity contribution in [1.82, 2.24) is 0 Å². The lowest BCUT2D eigenvalue weighted by Gasteiger charge is -2.23. The summed E-state index contributed by atoms with van der Waals surface area (Å²) in [5, 5.41) is 0. The van der Waals surface area contributed by atoms with Gasteiger partial charge in [-0.1, -0.05) is 18.1 Å². The van der Waals surface area contributed by atoms with E-state index in [4.69, 9.17) is 28.4 Å². The van der Waals surface area contributed by atoms with Crippen molar-refractivity contribution < 1.29 is 28.4 Å². The van der Waals surface area contributed by atoms with E-state index in [1.54, 1.807) is 35.5 Å². The Morgan fingerprint density at radius 1 is 0.677 bits per heavy atom. The first-order valence-corrected chi connectivity index (χ1v) is 10.5. The topological polar surface area (TPSA) is 55.4 Å². The van der Waals surface area contributed by atoms with E-state index in [9.17, 15) is 0 Å². The molecule has 1 saturated carbocycles. The molecular weight excluding hydrogens is 396 g/mol. The van der Waals surface area contributed by atoms with Gasteiger partial charge in [0.05, 0.1) is 28.4 Å². The molecule has 0 bridgehead atoms. The van der Waals surface area contributed by atoms with Gasteiger partial charge in [-0.05, 0) is 66.6 Å². The first-order chi connectivity index (χ1) is 15.2. The molecule has 3 rings (SSSR count). The molecule has 0 aromatic heterocycles. The molecule has 1 fully saturated rings. The first-order valence-electron chi connectivity index (χ1n) is 10.5. The second kappa shape index (κ2) is 11.0. The fraction of sp³-hybridized carbons (Fsp3) is 0.440. The third-order valence-corrected chi connectivity index (χ3v) is 5.55. The van der Waals surface area contributed by atoms with Crippen LogP contribution in [0.2, 0.25) is 0 Å². The summed E-state index contributed by atoms with van der Waals surface area (Å²) in [6.07, 6.45) is 5.76. The highest BCUT2D eigenvalue weighted by molar-refractivity contribution is 5.85. The Labute approximate surface area is 184 Å². The van der Waals surface area contributed by atoms with Crippen LogP contribution in [0.15, 0.2) is 35.9 Å². The minimum atomic E-state index is 0.149. The SMILES string of the molecule is COCOc1cc(C(=C2CCCCC2)c2cc(OC)c(OC)c(OC)c2)ccc1OC. The van der Waals surface area contributed by atoms with E-state index in [2.05, 4.69) is 6.07 Å². The molecule has 6 nitrogen and oxygen atoms in total. The van der Waals surface area contributed by atoms with Gasteiger partial charge < -0.3 is 28.4 Å². The molecule has 0 radical (unpaired) electrons. The molecule has 0 saturated heterocycles. The summed E-state index contributed by atoms with van der Waals surface area (Å²) in [6, 6.07) is 10.0. The molecule has 1 aliphatic carbocycles. The van der Waals surface area contributed by atoms with Crippen LogP contribution in [0.4, 0.5) is 0 Å². The zero-order chi connectivity index (χ0) is 22.2. The Balaban J connectivity index is 2.20. The largest absolute Gasteiger partial charge is 0.493 e. The van der Waals surface area contributed by atoms with Crippen LogP contribution in [0.5, 0.6) is 28.7 Å². The van der Waals surface area contributed by atoms with E-state index in [0.29, 0.717) is 28.7 Å². The van der Waals surface area contributed by atoms with Crippen LogP contribution >= 0.6 is 0 Å². The summed E-state index contributed by atoms with van der Waals surface area (Å²) >= 11 is 0. The number of allylic oxidation sites excluding steroid dienone is 1. The average Bonchev–Trinajstić information content (AvgIpc) is 2.82. The smallest absolute Gasteiger partial charge is 0.203 e. The predicted molar refractivity (Wildman–Crippen MR) is 121 cm³/mol. The molecule has 0 amide bonds. The van der Waals surface area contributed by atoms with E-state index < -0.39 is 0 Å².